The number of nitrogens with zero attached hydrogens (tertiary/aromatic N) is 1. The van der Waals surface area contributed by atoms with Crippen LogP contribution in [-0.4, -0.2) is 17.9 Å². The van der Waals surface area contributed by atoms with Crippen LogP contribution in [0.4, 0.5) is 0 Å². The third-order valence-electron chi connectivity index (χ3n) is 10.0. The first-order chi connectivity index (χ1) is 21.8. The van der Waals surface area contributed by atoms with Crippen molar-refractivity contribution in [3.8, 4) is 11.1 Å². The first-order valence-electron chi connectivity index (χ1n) is 15.6. The second-order valence-electron chi connectivity index (χ2n) is 12.2. The summed E-state index contributed by atoms with van der Waals surface area (Å²) < 4.78 is 6.77. The zero-order chi connectivity index (χ0) is 29.1. The van der Waals surface area contributed by atoms with Crippen LogP contribution in [0.3, 0.4) is 0 Å². The summed E-state index contributed by atoms with van der Waals surface area (Å²) >= 11 is 0. The molecule has 5 unspecified atom stereocenters. The van der Waals surface area contributed by atoms with E-state index in [4.69, 9.17) is 9.73 Å². The van der Waals surface area contributed by atoms with Gasteiger partial charge in [-0.3, -0.25) is 4.99 Å². The Hall–Kier alpha value is -4.99. The molecule has 5 atom stereocenters. The Kier molecular flexibility index (Phi) is 5.82. The van der Waals surface area contributed by atoms with Crippen molar-refractivity contribution in [2.45, 2.75) is 23.8 Å². The van der Waals surface area contributed by atoms with Crippen molar-refractivity contribution in [2.24, 2.45) is 16.8 Å². The molecule has 5 aliphatic rings. The summed E-state index contributed by atoms with van der Waals surface area (Å²) in [5.74, 6) is 0.351. The van der Waals surface area contributed by atoms with Gasteiger partial charge in [0, 0.05) is 28.5 Å². The Morgan fingerprint density at radius 1 is 0.591 bits per heavy atom. The maximum atomic E-state index is 6.77. The van der Waals surface area contributed by atoms with E-state index in [-0.39, 0.29) is 35.6 Å². The van der Waals surface area contributed by atoms with Crippen molar-refractivity contribution in [3.05, 3.63) is 186 Å². The molecule has 0 bridgehead atoms. The van der Waals surface area contributed by atoms with Crippen LogP contribution >= 0.6 is 0 Å². The number of rotatable bonds is 3. The van der Waals surface area contributed by atoms with Crippen molar-refractivity contribution >= 4 is 11.4 Å². The molecule has 1 saturated heterocycles. The highest BCUT2D eigenvalue weighted by Crippen LogP contribution is 2.63. The fraction of sp³-hybridized carbons (Fsp3) is 0.146. The average Bonchev–Trinajstić information content (AvgIpc) is 3.40. The van der Waals surface area contributed by atoms with E-state index in [9.17, 15) is 0 Å². The van der Waals surface area contributed by atoms with Crippen molar-refractivity contribution in [1.82, 2.24) is 5.32 Å². The van der Waals surface area contributed by atoms with Gasteiger partial charge in [-0.25, -0.2) is 0 Å². The minimum absolute atomic E-state index is 0.00589. The highest BCUT2D eigenvalue weighted by atomic mass is 16.5. The van der Waals surface area contributed by atoms with Crippen LogP contribution in [0.5, 0.6) is 0 Å². The molecule has 0 aromatic heterocycles. The van der Waals surface area contributed by atoms with Crippen LogP contribution in [0.25, 0.3) is 16.8 Å². The van der Waals surface area contributed by atoms with Gasteiger partial charge < -0.3 is 10.1 Å². The SMILES string of the molecule is C1=CC2OC3C=CC=CC3C3(c4ccccc4-c4c(C5=CC(c6ccccc6)=NC(c6ccccc6)N5)cccc43)C2C=C1. The molecule has 212 valence electrons. The average molecular weight is 569 g/mol. The van der Waals surface area contributed by atoms with E-state index in [0.29, 0.717) is 0 Å². The Labute approximate surface area is 258 Å². The highest BCUT2D eigenvalue weighted by Gasteiger charge is 2.59. The molecule has 3 aliphatic carbocycles. The minimum atomic E-state index is -0.261. The number of aliphatic imine (C=N–C) groups is 1. The summed E-state index contributed by atoms with van der Waals surface area (Å²) in [6, 6.07) is 37.0. The van der Waals surface area contributed by atoms with E-state index < -0.39 is 0 Å². The fourth-order valence-electron chi connectivity index (χ4n) is 8.25. The van der Waals surface area contributed by atoms with Gasteiger partial charge in [-0.15, -0.1) is 0 Å². The molecule has 3 nitrogen and oxygen atoms in total. The lowest BCUT2D eigenvalue weighted by Gasteiger charge is -2.54. The first-order valence-corrected chi connectivity index (χ1v) is 15.6. The van der Waals surface area contributed by atoms with E-state index in [0.717, 1.165) is 22.5 Å². The number of fused-ring (bicyclic) bond motifs is 9. The molecule has 9 rings (SSSR count). The van der Waals surface area contributed by atoms with Crippen LogP contribution < -0.4 is 5.32 Å². The number of benzene rings is 4. The van der Waals surface area contributed by atoms with Gasteiger partial charge in [0.25, 0.3) is 0 Å². The number of hydrogen-bond acceptors (Lipinski definition) is 3. The summed E-state index contributed by atoms with van der Waals surface area (Å²) in [4.78, 5) is 5.21. The van der Waals surface area contributed by atoms with Crippen molar-refractivity contribution in [2.75, 3.05) is 0 Å². The summed E-state index contributed by atoms with van der Waals surface area (Å²) in [6.07, 6.45) is 20.0. The molecular weight excluding hydrogens is 536 g/mol. The van der Waals surface area contributed by atoms with Gasteiger partial charge >= 0.3 is 0 Å². The predicted molar refractivity (Wildman–Crippen MR) is 178 cm³/mol. The van der Waals surface area contributed by atoms with E-state index in [1.54, 1.807) is 0 Å². The Morgan fingerprint density at radius 2 is 1.20 bits per heavy atom. The molecule has 4 aromatic rings. The quantitative estimate of drug-likeness (QED) is 0.270. The summed E-state index contributed by atoms with van der Waals surface area (Å²) in [7, 11) is 0. The molecular formula is C41H32N2O. The normalized spacial score (nSPS) is 28.8. The molecule has 0 amide bonds. The first kappa shape index (κ1) is 25.5. The topological polar surface area (TPSA) is 33.6 Å². The van der Waals surface area contributed by atoms with E-state index in [1.807, 2.05) is 0 Å². The van der Waals surface area contributed by atoms with E-state index in [2.05, 4.69) is 163 Å². The smallest absolute Gasteiger partial charge is 0.145 e. The van der Waals surface area contributed by atoms with Crippen molar-refractivity contribution in [3.63, 3.8) is 0 Å². The molecule has 2 heterocycles. The second kappa shape index (κ2) is 10.0. The van der Waals surface area contributed by atoms with Gasteiger partial charge in [0.15, 0.2) is 0 Å². The lowest BCUT2D eigenvalue weighted by atomic mass is 9.55. The molecule has 3 heteroatoms. The fourth-order valence-corrected chi connectivity index (χ4v) is 8.25. The number of allylic oxidation sites excluding steroid dienone is 5. The molecule has 1 N–H and O–H groups in total. The third-order valence-corrected chi connectivity index (χ3v) is 10.0. The largest absolute Gasteiger partial charge is 0.366 e. The molecule has 1 spiro atoms. The number of hydrogen-bond donors (Lipinski definition) is 1. The minimum Gasteiger partial charge on any atom is -0.366 e. The number of nitrogens with one attached hydrogen (secondary N) is 1. The zero-order valence-electron chi connectivity index (χ0n) is 24.3. The van der Waals surface area contributed by atoms with E-state index >= 15 is 0 Å². The van der Waals surface area contributed by atoms with Crippen LogP contribution in [0, 0.1) is 11.8 Å². The lowest BCUT2D eigenvalue weighted by molar-refractivity contribution is -0.0808. The van der Waals surface area contributed by atoms with Crippen molar-refractivity contribution < 1.29 is 4.74 Å². The zero-order valence-corrected chi connectivity index (χ0v) is 24.3. The summed E-state index contributed by atoms with van der Waals surface area (Å²) in [6.45, 7) is 0. The van der Waals surface area contributed by atoms with Crippen LogP contribution in [-0.2, 0) is 10.2 Å². The molecule has 4 aromatic carbocycles. The third kappa shape index (κ3) is 3.69. The maximum absolute atomic E-state index is 6.77. The summed E-state index contributed by atoms with van der Waals surface area (Å²) in [5, 5.41) is 3.85. The van der Waals surface area contributed by atoms with Gasteiger partial charge in [-0.1, -0.05) is 152 Å². The Morgan fingerprint density at radius 3 is 1.95 bits per heavy atom. The molecule has 0 saturated carbocycles. The maximum Gasteiger partial charge on any atom is 0.145 e. The predicted octanol–water partition coefficient (Wildman–Crippen LogP) is 8.34. The molecule has 44 heavy (non-hydrogen) atoms. The second-order valence-corrected chi connectivity index (χ2v) is 12.2. The van der Waals surface area contributed by atoms with Crippen molar-refractivity contribution in [1.29, 1.82) is 0 Å². The summed E-state index contributed by atoms with van der Waals surface area (Å²) in [5.41, 5.74) is 10.7. The van der Waals surface area contributed by atoms with Gasteiger partial charge in [0.2, 0.25) is 0 Å². The number of ether oxygens (including phenoxy) is 1. The van der Waals surface area contributed by atoms with Gasteiger partial charge in [-0.05, 0) is 39.5 Å². The lowest BCUT2D eigenvalue weighted by Crippen LogP contribution is -2.56. The monoisotopic (exact) mass is 568 g/mol. The Balaban J connectivity index is 1.28. The van der Waals surface area contributed by atoms with Crippen LogP contribution in [0.1, 0.15) is 34.0 Å². The van der Waals surface area contributed by atoms with E-state index in [1.165, 1.54) is 27.8 Å². The van der Waals surface area contributed by atoms with Gasteiger partial charge in [0.05, 0.1) is 17.9 Å². The highest BCUT2D eigenvalue weighted by molar-refractivity contribution is 6.13. The Bertz CT molecular complexity index is 1910. The molecule has 1 fully saturated rings. The van der Waals surface area contributed by atoms with Crippen LogP contribution in [0.2, 0.25) is 0 Å². The van der Waals surface area contributed by atoms with Gasteiger partial charge in [-0.2, -0.15) is 0 Å². The molecule has 2 aliphatic heterocycles. The van der Waals surface area contributed by atoms with Crippen LogP contribution in [0.15, 0.2) is 163 Å². The van der Waals surface area contributed by atoms with Gasteiger partial charge in [0.1, 0.15) is 6.17 Å². The molecule has 0 radical (unpaired) electrons. The standard InChI is InChI=1S/C41H32N2O/c1-3-14-27(15-4-1)35-26-36(43-40(42-35)28-16-5-2-6-17-28)30-19-13-23-34-39(30)29-18-7-8-20-31(29)41(34)32-21-9-11-24-37(32)44-38-25-12-10-22-33(38)41/h1-26,32-33,37-38,40,43H.